The van der Waals surface area contributed by atoms with Crippen LogP contribution in [0.15, 0.2) is 24.3 Å². The third kappa shape index (κ3) is 2.91. The Balaban J connectivity index is 2.68. The minimum Gasteiger partial charge on any atom is -0.0928 e. The fourth-order valence-corrected chi connectivity index (χ4v) is 2.64. The number of rotatable bonds is 3. The zero-order valence-corrected chi connectivity index (χ0v) is 10.2. The third-order valence-electron chi connectivity index (χ3n) is 1.80. The molecule has 1 aromatic rings. The van der Waals surface area contributed by atoms with Crippen LogP contribution >= 0.6 is 31.9 Å². The van der Waals surface area contributed by atoms with Crippen LogP contribution in [0.3, 0.4) is 0 Å². The molecule has 1 rings (SSSR count). The number of benzene rings is 1. The van der Waals surface area contributed by atoms with Crippen LogP contribution < -0.4 is 0 Å². The Kier molecular flexibility index (Phi) is 4.30. The molecule has 0 saturated heterocycles. The summed E-state index contributed by atoms with van der Waals surface area (Å²) in [6, 6.07) is 8.66. The molecule has 0 aliphatic rings. The van der Waals surface area contributed by atoms with E-state index in [0.29, 0.717) is 4.83 Å². The van der Waals surface area contributed by atoms with Gasteiger partial charge >= 0.3 is 0 Å². The Bertz CT molecular complexity index is 228. The van der Waals surface area contributed by atoms with Crippen molar-refractivity contribution in [2.24, 2.45) is 0 Å². The number of halogens is 2. The summed E-state index contributed by atoms with van der Waals surface area (Å²) in [6.45, 7) is 2.11. The molecule has 12 heavy (non-hydrogen) atoms. The van der Waals surface area contributed by atoms with Crippen LogP contribution in [0.5, 0.6) is 0 Å². The van der Waals surface area contributed by atoms with Crippen molar-refractivity contribution in [3.8, 4) is 0 Å². The largest absolute Gasteiger partial charge is 0.0928 e. The summed E-state index contributed by atoms with van der Waals surface area (Å²) < 4.78 is 0. The first-order chi connectivity index (χ1) is 5.74. The van der Waals surface area contributed by atoms with Gasteiger partial charge in [0.05, 0.1) is 0 Å². The lowest BCUT2D eigenvalue weighted by Crippen LogP contribution is -1.90. The van der Waals surface area contributed by atoms with Crippen molar-refractivity contribution in [1.82, 2.24) is 0 Å². The summed E-state index contributed by atoms with van der Waals surface area (Å²) in [7, 11) is 0. The van der Waals surface area contributed by atoms with E-state index in [0.717, 1.165) is 11.8 Å². The summed E-state index contributed by atoms with van der Waals surface area (Å²) in [5.74, 6) is 0. The Morgan fingerprint density at radius 1 is 1.25 bits per heavy atom. The van der Waals surface area contributed by atoms with E-state index >= 15 is 0 Å². The Morgan fingerprint density at radius 2 is 1.83 bits per heavy atom. The molecule has 0 aliphatic carbocycles. The maximum Gasteiger partial charge on any atom is 0.0403 e. The van der Waals surface area contributed by atoms with E-state index in [-0.39, 0.29) is 0 Å². The molecule has 0 aromatic heterocycles. The number of hydrogen-bond donors (Lipinski definition) is 0. The zero-order valence-electron chi connectivity index (χ0n) is 7.06. The van der Waals surface area contributed by atoms with Crippen LogP contribution in [-0.4, -0.2) is 5.33 Å². The molecule has 1 aromatic carbocycles. The molecule has 0 saturated carbocycles. The van der Waals surface area contributed by atoms with Gasteiger partial charge in [0.2, 0.25) is 0 Å². The molecule has 0 amide bonds. The predicted octanol–water partition coefficient (Wildman–Crippen LogP) is 4.22. The summed E-state index contributed by atoms with van der Waals surface area (Å²) in [5, 5.41) is 1.04. The maximum absolute atomic E-state index is 3.64. The molecule has 0 bridgehead atoms. The lowest BCUT2D eigenvalue weighted by Gasteiger charge is -2.07. The van der Waals surface area contributed by atoms with Crippen LogP contribution in [0.1, 0.15) is 22.4 Å². The van der Waals surface area contributed by atoms with Crippen molar-refractivity contribution in [3.63, 3.8) is 0 Å². The molecule has 2 heteroatoms. The van der Waals surface area contributed by atoms with Gasteiger partial charge in [-0.3, -0.25) is 0 Å². The minimum absolute atomic E-state index is 0.484. The van der Waals surface area contributed by atoms with Crippen LogP contribution in [0.2, 0.25) is 0 Å². The van der Waals surface area contributed by atoms with Crippen molar-refractivity contribution in [3.05, 3.63) is 35.4 Å². The van der Waals surface area contributed by atoms with Gasteiger partial charge in [-0.2, -0.15) is 0 Å². The molecule has 0 fully saturated rings. The Morgan fingerprint density at radius 3 is 2.33 bits per heavy atom. The zero-order chi connectivity index (χ0) is 8.97. The molecule has 1 atom stereocenters. The van der Waals surface area contributed by atoms with E-state index in [1.165, 1.54) is 11.1 Å². The number of aryl methyl sites for hydroxylation is 1. The van der Waals surface area contributed by atoms with Crippen molar-refractivity contribution >= 4 is 31.9 Å². The van der Waals surface area contributed by atoms with Crippen LogP contribution in [-0.2, 0) is 0 Å². The highest BCUT2D eigenvalue weighted by Gasteiger charge is 2.04. The lowest BCUT2D eigenvalue weighted by molar-refractivity contribution is 0.928. The first-order valence-electron chi connectivity index (χ1n) is 4.00. The van der Waals surface area contributed by atoms with E-state index in [9.17, 15) is 0 Å². The second-order valence-electron chi connectivity index (χ2n) is 2.86. The maximum atomic E-state index is 3.64. The van der Waals surface area contributed by atoms with Gasteiger partial charge in [-0.15, -0.1) is 0 Å². The second-order valence-corrected chi connectivity index (χ2v) is 4.75. The minimum atomic E-state index is 0.484. The molecule has 0 spiro atoms. The molecule has 66 valence electrons. The van der Waals surface area contributed by atoms with Gasteiger partial charge in [-0.05, 0) is 18.9 Å². The predicted molar refractivity (Wildman–Crippen MR) is 61.3 cm³/mol. The molecule has 0 radical (unpaired) electrons. The summed E-state index contributed by atoms with van der Waals surface area (Å²) in [5.41, 5.74) is 2.68. The Labute approximate surface area is 90.6 Å². The van der Waals surface area contributed by atoms with Gasteiger partial charge in [0, 0.05) is 10.2 Å². The molecular formula is C10H12Br2. The summed E-state index contributed by atoms with van der Waals surface area (Å²) in [4.78, 5) is 0.484. The van der Waals surface area contributed by atoms with Crippen molar-refractivity contribution in [1.29, 1.82) is 0 Å². The molecule has 0 unspecified atom stereocenters. The first-order valence-corrected chi connectivity index (χ1v) is 6.04. The van der Waals surface area contributed by atoms with Crippen LogP contribution in [0.25, 0.3) is 0 Å². The van der Waals surface area contributed by atoms with E-state index in [2.05, 4.69) is 63.0 Å². The summed E-state index contributed by atoms with van der Waals surface area (Å²) in [6.07, 6.45) is 1.13. The lowest BCUT2D eigenvalue weighted by atomic mass is 10.1. The van der Waals surface area contributed by atoms with Gasteiger partial charge in [0.1, 0.15) is 0 Å². The molecule has 0 aliphatic heterocycles. The van der Waals surface area contributed by atoms with Crippen molar-refractivity contribution in [2.45, 2.75) is 18.2 Å². The topological polar surface area (TPSA) is 0 Å². The van der Waals surface area contributed by atoms with Gasteiger partial charge < -0.3 is 0 Å². The second kappa shape index (κ2) is 5.03. The van der Waals surface area contributed by atoms with E-state index < -0.39 is 0 Å². The highest BCUT2D eigenvalue weighted by molar-refractivity contribution is 9.09. The molecular weight excluding hydrogens is 280 g/mol. The molecule has 0 heterocycles. The average molecular weight is 292 g/mol. The molecule has 0 N–H and O–H groups in total. The van der Waals surface area contributed by atoms with Crippen LogP contribution in [0.4, 0.5) is 0 Å². The third-order valence-corrected chi connectivity index (χ3v) is 3.25. The van der Waals surface area contributed by atoms with Crippen molar-refractivity contribution in [2.75, 3.05) is 5.33 Å². The van der Waals surface area contributed by atoms with Gasteiger partial charge in [0.15, 0.2) is 0 Å². The van der Waals surface area contributed by atoms with E-state index in [1.54, 1.807) is 0 Å². The summed E-state index contributed by atoms with van der Waals surface area (Å²) >= 11 is 7.07. The quantitative estimate of drug-likeness (QED) is 0.732. The fourth-order valence-electron chi connectivity index (χ4n) is 1.04. The van der Waals surface area contributed by atoms with E-state index in [4.69, 9.17) is 0 Å². The van der Waals surface area contributed by atoms with Gasteiger partial charge in [-0.25, -0.2) is 0 Å². The Hall–Kier alpha value is 0.180. The molecule has 0 nitrogen and oxygen atoms in total. The van der Waals surface area contributed by atoms with Gasteiger partial charge in [0.25, 0.3) is 0 Å². The fraction of sp³-hybridized carbons (Fsp3) is 0.400. The average Bonchev–Trinajstić information content (AvgIpc) is 2.06. The number of alkyl halides is 2. The normalized spacial score (nSPS) is 12.9. The van der Waals surface area contributed by atoms with Crippen molar-refractivity contribution < 1.29 is 0 Å². The smallest absolute Gasteiger partial charge is 0.0403 e. The van der Waals surface area contributed by atoms with E-state index in [1.807, 2.05) is 0 Å². The van der Waals surface area contributed by atoms with Gasteiger partial charge in [-0.1, -0.05) is 61.7 Å². The van der Waals surface area contributed by atoms with Crippen LogP contribution in [0, 0.1) is 6.92 Å². The first kappa shape index (κ1) is 10.3. The SMILES string of the molecule is Cc1ccc([C@H](Br)CCBr)cc1. The highest BCUT2D eigenvalue weighted by atomic mass is 79.9. The monoisotopic (exact) mass is 290 g/mol. The number of hydrogen-bond acceptors (Lipinski definition) is 0. The highest BCUT2D eigenvalue weighted by Crippen LogP contribution is 2.26. The standard InChI is InChI=1S/C10H12Br2/c1-8-2-4-9(5-3-8)10(12)6-7-11/h2-5,10H,6-7H2,1H3/t10-/m1/s1.